The Labute approximate surface area is 146 Å². The average molecular weight is 364 g/mol. The Morgan fingerprint density at radius 1 is 1.05 bits per heavy atom. The quantitative estimate of drug-likeness (QED) is 0.821. The van der Waals surface area contributed by atoms with Gasteiger partial charge < -0.3 is 10.1 Å². The molecule has 2 heterocycles. The maximum Gasteiger partial charge on any atom is 0.0655 e. The van der Waals surface area contributed by atoms with Crippen molar-refractivity contribution in [2.24, 2.45) is 5.92 Å². The number of halogens is 3. The summed E-state index contributed by atoms with van der Waals surface area (Å²) in [7, 11) is 0. The van der Waals surface area contributed by atoms with E-state index in [1.54, 1.807) is 6.07 Å². The van der Waals surface area contributed by atoms with E-state index in [4.69, 9.17) is 39.5 Å². The van der Waals surface area contributed by atoms with E-state index in [1.165, 1.54) is 0 Å². The van der Waals surface area contributed by atoms with Gasteiger partial charge in [0.25, 0.3) is 0 Å². The molecule has 6 heteroatoms. The molecule has 0 saturated carbocycles. The van der Waals surface area contributed by atoms with Gasteiger partial charge in [0.1, 0.15) is 0 Å². The molecule has 22 heavy (non-hydrogen) atoms. The highest BCUT2D eigenvalue weighted by Gasteiger charge is 2.34. The Hall–Kier alpha value is -0.0300. The van der Waals surface area contributed by atoms with Crippen LogP contribution in [0.3, 0.4) is 0 Å². The van der Waals surface area contributed by atoms with Crippen molar-refractivity contribution in [2.45, 2.75) is 18.9 Å². The molecular formula is C16H21Cl3N2O. The summed E-state index contributed by atoms with van der Waals surface area (Å²) in [4.78, 5) is 2.50. The van der Waals surface area contributed by atoms with Gasteiger partial charge in [0, 0.05) is 56.0 Å². The molecule has 0 aromatic heterocycles. The molecular weight excluding hydrogens is 343 g/mol. The van der Waals surface area contributed by atoms with Gasteiger partial charge in [-0.15, -0.1) is 0 Å². The number of benzene rings is 1. The third-order valence-corrected chi connectivity index (χ3v) is 5.78. The summed E-state index contributed by atoms with van der Waals surface area (Å²) in [6.07, 6.45) is 2.07. The lowest BCUT2D eigenvalue weighted by molar-refractivity contribution is 0.0213. The third kappa shape index (κ3) is 3.55. The lowest BCUT2D eigenvalue weighted by Crippen LogP contribution is -2.47. The summed E-state index contributed by atoms with van der Waals surface area (Å²) in [6, 6.07) is 3.85. The van der Waals surface area contributed by atoms with E-state index < -0.39 is 0 Å². The Morgan fingerprint density at radius 2 is 1.68 bits per heavy atom. The number of piperazine rings is 1. The SMILES string of the molecule is Clc1ccc(Cl)c([C@H](C2CCOCC2)N2CCNCC2)c1Cl. The summed E-state index contributed by atoms with van der Waals surface area (Å²) >= 11 is 19.3. The molecule has 2 saturated heterocycles. The van der Waals surface area contributed by atoms with Crippen LogP contribution in [-0.4, -0.2) is 44.3 Å². The number of hydrogen-bond donors (Lipinski definition) is 1. The zero-order valence-corrected chi connectivity index (χ0v) is 14.7. The molecule has 3 rings (SSSR count). The van der Waals surface area contributed by atoms with E-state index in [9.17, 15) is 0 Å². The third-order valence-electron chi connectivity index (χ3n) is 4.63. The Morgan fingerprint density at radius 3 is 2.36 bits per heavy atom. The van der Waals surface area contributed by atoms with E-state index in [0.29, 0.717) is 21.0 Å². The average Bonchev–Trinajstić information content (AvgIpc) is 2.57. The minimum Gasteiger partial charge on any atom is -0.381 e. The topological polar surface area (TPSA) is 24.5 Å². The molecule has 1 atom stereocenters. The summed E-state index contributed by atoms with van der Waals surface area (Å²) in [5, 5.41) is 5.30. The lowest BCUT2D eigenvalue weighted by atomic mass is 9.85. The Kier molecular flexibility index (Phi) is 5.88. The highest BCUT2D eigenvalue weighted by Crippen LogP contribution is 2.44. The first-order valence-corrected chi connectivity index (χ1v) is 8.98. The summed E-state index contributed by atoms with van der Waals surface area (Å²) in [5.41, 5.74) is 0.990. The van der Waals surface area contributed by atoms with Gasteiger partial charge in [-0.2, -0.15) is 0 Å². The van der Waals surface area contributed by atoms with Crippen LogP contribution in [0, 0.1) is 5.92 Å². The molecule has 0 amide bonds. The first-order chi connectivity index (χ1) is 10.7. The van der Waals surface area contributed by atoms with Crippen LogP contribution in [0.5, 0.6) is 0 Å². The van der Waals surface area contributed by atoms with Crippen LogP contribution in [0.4, 0.5) is 0 Å². The summed E-state index contributed by atoms with van der Waals surface area (Å²) < 4.78 is 5.53. The fraction of sp³-hybridized carbons (Fsp3) is 0.625. The largest absolute Gasteiger partial charge is 0.381 e. The first kappa shape index (κ1) is 16.8. The van der Waals surface area contributed by atoms with E-state index in [-0.39, 0.29) is 6.04 Å². The van der Waals surface area contributed by atoms with E-state index in [2.05, 4.69) is 10.2 Å². The van der Waals surface area contributed by atoms with Crippen LogP contribution >= 0.6 is 34.8 Å². The second kappa shape index (κ2) is 7.69. The van der Waals surface area contributed by atoms with Crippen molar-refractivity contribution in [3.63, 3.8) is 0 Å². The van der Waals surface area contributed by atoms with Crippen molar-refractivity contribution in [1.82, 2.24) is 10.2 Å². The number of hydrogen-bond acceptors (Lipinski definition) is 3. The fourth-order valence-electron chi connectivity index (χ4n) is 3.52. The fourth-order valence-corrected chi connectivity index (χ4v) is 4.28. The van der Waals surface area contributed by atoms with Crippen LogP contribution < -0.4 is 5.32 Å². The Bertz CT molecular complexity index is 496. The van der Waals surface area contributed by atoms with Crippen LogP contribution in [0.25, 0.3) is 0 Å². The number of rotatable bonds is 3. The molecule has 2 aliphatic heterocycles. The van der Waals surface area contributed by atoms with Crippen molar-refractivity contribution in [3.8, 4) is 0 Å². The standard InChI is InChI=1S/C16H21Cl3N2O/c17-12-1-2-13(18)15(19)14(12)16(11-3-9-22-10-4-11)21-7-5-20-6-8-21/h1-2,11,16,20H,3-10H2/t16-/m0/s1. The second-order valence-corrected chi connectivity index (χ2v) is 7.13. The molecule has 0 spiro atoms. The van der Waals surface area contributed by atoms with Crippen molar-refractivity contribution < 1.29 is 4.74 Å². The zero-order valence-electron chi connectivity index (χ0n) is 12.5. The van der Waals surface area contributed by atoms with Gasteiger partial charge in [-0.05, 0) is 30.9 Å². The molecule has 1 aromatic carbocycles. The molecule has 122 valence electrons. The molecule has 2 fully saturated rings. The monoisotopic (exact) mass is 362 g/mol. The van der Waals surface area contributed by atoms with Gasteiger partial charge in [0.05, 0.1) is 10.0 Å². The zero-order chi connectivity index (χ0) is 15.5. The maximum absolute atomic E-state index is 6.54. The molecule has 3 nitrogen and oxygen atoms in total. The Balaban J connectivity index is 1.98. The molecule has 0 unspecified atom stereocenters. The smallest absolute Gasteiger partial charge is 0.0655 e. The van der Waals surface area contributed by atoms with Gasteiger partial charge in [-0.1, -0.05) is 34.8 Å². The molecule has 0 aliphatic carbocycles. The predicted octanol–water partition coefficient (Wildman–Crippen LogP) is 4.02. The highest BCUT2D eigenvalue weighted by molar-refractivity contribution is 6.44. The van der Waals surface area contributed by atoms with Gasteiger partial charge in [0.2, 0.25) is 0 Å². The molecule has 1 N–H and O–H groups in total. The minimum absolute atomic E-state index is 0.213. The van der Waals surface area contributed by atoms with Crippen LogP contribution in [0.15, 0.2) is 12.1 Å². The molecule has 0 bridgehead atoms. The van der Waals surface area contributed by atoms with Crippen LogP contribution in [0.1, 0.15) is 24.4 Å². The molecule has 2 aliphatic rings. The number of nitrogens with one attached hydrogen (secondary N) is 1. The van der Waals surface area contributed by atoms with Crippen molar-refractivity contribution in [3.05, 3.63) is 32.8 Å². The van der Waals surface area contributed by atoms with Crippen molar-refractivity contribution in [1.29, 1.82) is 0 Å². The van der Waals surface area contributed by atoms with Crippen LogP contribution in [-0.2, 0) is 4.74 Å². The predicted molar refractivity (Wildman–Crippen MR) is 92.2 cm³/mol. The summed E-state index contributed by atoms with van der Waals surface area (Å²) in [6.45, 7) is 5.61. The second-order valence-electron chi connectivity index (χ2n) is 5.94. The van der Waals surface area contributed by atoms with Crippen molar-refractivity contribution in [2.75, 3.05) is 39.4 Å². The van der Waals surface area contributed by atoms with Crippen LogP contribution in [0.2, 0.25) is 15.1 Å². The normalized spacial score (nSPS) is 22.7. The van der Waals surface area contributed by atoms with Gasteiger partial charge in [-0.25, -0.2) is 0 Å². The molecule has 0 radical (unpaired) electrons. The van der Waals surface area contributed by atoms with E-state index in [0.717, 1.165) is 57.8 Å². The highest BCUT2D eigenvalue weighted by atomic mass is 35.5. The van der Waals surface area contributed by atoms with Crippen molar-refractivity contribution >= 4 is 34.8 Å². The van der Waals surface area contributed by atoms with E-state index >= 15 is 0 Å². The van der Waals surface area contributed by atoms with Gasteiger partial charge >= 0.3 is 0 Å². The lowest BCUT2D eigenvalue weighted by Gasteiger charge is -2.41. The number of nitrogens with zero attached hydrogens (tertiary/aromatic N) is 1. The first-order valence-electron chi connectivity index (χ1n) is 7.84. The minimum atomic E-state index is 0.213. The van der Waals surface area contributed by atoms with Gasteiger partial charge in [-0.3, -0.25) is 4.90 Å². The maximum atomic E-state index is 6.54. The van der Waals surface area contributed by atoms with E-state index in [1.807, 2.05) is 6.07 Å². The number of ether oxygens (including phenoxy) is 1. The summed E-state index contributed by atoms with van der Waals surface area (Å²) in [5.74, 6) is 0.500. The van der Waals surface area contributed by atoms with Gasteiger partial charge in [0.15, 0.2) is 0 Å². The molecule has 1 aromatic rings.